The van der Waals surface area contributed by atoms with Crippen LogP contribution in [0.1, 0.15) is 0 Å². The largest absolute Gasteiger partial charge is 0.323 e. The number of anilines is 2. The molecule has 2 aromatic carbocycles. The van der Waals surface area contributed by atoms with Crippen LogP contribution in [-0.2, 0) is 0 Å². The number of fused-ring (bicyclic) bond motifs is 1. The van der Waals surface area contributed by atoms with E-state index >= 15 is 0 Å². The van der Waals surface area contributed by atoms with Crippen molar-refractivity contribution in [1.82, 2.24) is 14.4 Å². The average molecular weight is 365 g/mol. The molecular weight excluding hydrogens is 352 g/mol. The number of aromatic nitrogens is 3. The highest BCUT2D eigenvalue weighted by Crippen LogP contribution is 2.22. The molecule has 2 heterocycles. The maximum absolute atomic E-state index is 13.6. The van der Waals surface area contributed by atoms with E-state index in [1.807, 2.05) is 18.5 Å². The highest BCUT2D eigenvalue weighted by molar-refractivity contribution is 6.00. The first-order chi connectivity index (χ1) is 13.1. The Morgan fingerprint density at radius 3 is 2.41 bits per heavy atom. The zero-order valence-electron chi connectivity index (χ0n) is 13.9. The molecule has 2 amide bonds. The van der Waals surface area contributed by atoms with Crippen molar-refractivity contribution in [2.75, 3.05) is 10.6 Å². The van der Waals surface area contributed by atoms with Crippen LogP contribution in [0.4, 0.5) is 25.0 Å². The van der Waals surface area contributed by atoms with Crippen LogP contribution in [0.5, 0.6) is 0 Å². The Morgan fingerprint density at radius 1 is 0.963 bits per heavy atom. The summed E-state index contributed by atoms with van der Waals surface area (Å²) >= 11 is 0. The van der Waals surface area contributed by atoms with Gasteiger partial charge in [-0.3, -0.25) is 4.40 Å². The van der Waals surface area contributed by atoms with Crippen LogP contribution >= 0.6 is 0 Å². The van der Waals surface area contributed by atoms with Crippen LogP contribution in [0.15, 0.2) is 67.1 Å². The molecule has 0 atom stereocenters. The Balaban J connectivity index is 1.48. The summed E-state index contributed by atoms with van der Waals surface area (Å²) in [6.45, 7) is 0. The van der Waals surface area contributed by atoms with Crippen molar-refractivity contribution < 1.29 is 13.6 Å². The average Bonchev–Trinajstić information content (AvgIpc) is 3.10. The fraction of sp³-hybridized carbons (Fsp3) is 0. The number of hydrogen-bond donors (Lipinski definition) is 2. The van der Waals surface area contributed by atoms with E-state index in [2.05, 4.69) is 20.6 Å². The van der Waals surface area contributed by atoms with E-state index in [0.717, 1.165) is 23.4 Å². The van der Waals surface area contributed by atoms with E-state index in [1.54, 1.807) is 34.9 Å². The summed E-state index contributed by atoms with van der Waals surface area (Å²) in [4.78, 5) is 20.6. The van der Waals surface area contributed by atoms with Gasteiger partial charge >= 0.3 is 6.03 Å². The predicted octanol–water partition coefficient (Wildman–Crippen LogP) is 4.32. The van der Waals surface area contributed by atoms with Crippen molar-refractivity contribution >= 4 is 23.2 Å². The number of benzene rings is 2. The lowest BCUT2D eigenvalue weighted by molar-refractivity contribution is 0.262. The molecule has 0 saturated heterocycles. The van der Waals surface area contributed by atoms with Crippen LogP contribution in [0.2, 0.25) is 0 Å². The van der Waals surface area contributed by atoms with Crippen molar-refractivity contribution in [2.45, 2.75) is 0 Å². The summed E-state index contributed by atoms with van der Waals surface area (Å²) in [5.74, 6) is -1.11. The highest BCUT2D eigenvalue weighted by Gasteiger charge is 2.12. The van der Waals surface area contributed by atoms with Crippen molar-refractivity contribution in [3.8, 4) is 11.3 Å². The Morgan fingerprint density at radius 2 is 1.70 bits per heavy atom. The Kier molecular flexibility index (Phi) is 4.21. The lowest BCUT2D eigenvalue weighted by atomic mass is 10.1. The molecule has 0 bridgehead atoms. The number of para-hydroxylation sites is 1. The number of carbonyl (C=O) groups excluding carboxylic acids is 1. The second kappa shape index (κ2) is 6.83. The molecule has 0 unspecified atom stereocenters. The van der Waals surface area contributed by atoms with Crippen LogP contribution < -0.4 is 10.6 Å². The maximum Gasteiger partial charge on any atom is 0.323 e. The SMILES string of the molecule is O=C(Nc1ccc(-c2cn3cccnc3n2)cc1)Nc1c(F)cccc1F. The van der Waals surface area contributed by atoms with Gasteiger partial charge in [0, 0.05) is 29.8 Å². The van der Waals surface area contributed by atoms with Crippen molar-refractivity contribution in [1.29, 1.82) is 0 Å². The number of rotatable bonds is 3. The van der Waals surface area contributed by atoms with E-state index in [9.17, 15) is 13.6 Å². The Labute approximate surface area is 152 Å². The normalized spacial score (nSPS) is 10.7. The first-order valence-electron chi connectivity index (χ1n) is 8.02. The number of hydrogen-bond acceptors (Lipinski definition) is 3. The molecular formula is C19H13F2N5O. The van der Waals surface area contributed by atoms with Gasteiger partial charge in [-0.25, -0.2) is 23.5 Å². The van der Waals surface area contributed by atoms with E-state index in [-0.39, 0.29) is 0 Å². The molecule has 4 aromatic rings. The third kappa shape index (κ3) is 3.45. The molecule has 0 spiro atoms. The molecule has 4 rings (SSSR count). The molecule has 2 aromatic heterocycles. The molecule has 0 aliphatic carbocycles. The van der Waals surface area contributed by atoms with Gasteiger partial charge in [-0.2, -0.15) is 0 Å². The van der Waals surface area contributed by atoms with Gasteiger partial charge in [0.05, 0.1) is 5.69 Å². The number of carbonyl (C=O) groups is 1. The van der Waals surface area contributed by atoms with Gasteiger partial charge in [-0.05, 0) is 30.3 Å². The van der Waals surface area contributed by atoms with Gasteiger partial charge in [-0.15, -0.1) is 0 Å². The van der Waals surface area contributed by atoms with Crippen LogP contribution in [-0.4, -0.2) is 20.4 Å². The molecule has 0 aliphatic rings. The summed E-state index contributed by atoms with van der Waals surface area (Å²) in [6.07, 6.45) is 5.36. The number of urea groups is 1. The van der Waals surface area contributed by atoms with Crippen LogP contribution in [0, 0.1) is 11.6 Å². The molecule has 134 valence electrons. The Bertz CT molecular complexity index is 1070. The number of nitrogens with one attached hydrogen (secondary N) is 2. The van der Waals surface area contributed by atoms with Crippen molar-refractivity contribution in [3.63, 3.8) is 0 Å². The van der Waals surface area contributed by atoms with Gasteiger partial charge in [-0.1, -0.05) is 18.2 Å². The summed E-state index contributed by atoms with van der Waals surface area (Å²) in [6, 6.07) is 11.3. The van der Waals surface area contributed by atoms with Crippen molar-refractivity contribution in [3.05, 3.63) is 78.8 Å². The molecule has 6 nitrogen and oxygen atoms in total. The van der Waals surface area contributed by atoms with E-state index in [4.69, 9.17) is 0 Å². The van der Waals surface area contributed by atoms with E-state index in [0.29, 0.717) is 11.5 Å². The van der Waals surface area contributed by atoms with Crippen LogP contribution in [0.25, 0.3) is 17.0 Å². The summed E-state index contributed by atoms with van der Waals surface area (Å²) in [7, 11) is 0. The topological polar surface area (TPSA) is 71.3 Å². The van der Waals surface area contributed by atoms with Crippen LogP contribution in [0.3, 0.4) is 0 Å². The molecule has 0 saturated carbocycles. The molecule has 0 radical (unpaired) electrons. The second-order valence-corrected chi connectivity index (χ2v) is 5.71. The van der Waals surface area contributed by atoms with Crippen molar-refractivity contribution in [2.24, 2.45) is 0 Å². The van der Waals surface area contributed by atoms with Gasteiger partial charge < -0.3 is 10.6 Å². The zero-order valence-corrected chi connectivity index (χ0v) is 13.9. The first-order valence-corrected chi connectivity index (χ1v) is 8.02. The second-order valence-electron chi connectivity index (χ2n) is 5.71. The Hall–Kier alpha value is -3.81. The van der Waals surface area contributed by atoms with Gasteiger partial charge in [0.2, 0.25) is 5.78 Å². The number of nitrogens with zero attached hydrogens (tertiary/aromatic N) is 3. The molecule has 8 heteroatoms. The molecule has 0 fully saturated rings. The maximum atomic E-state index is 13.6. The summed E-state index contributed by atoms with van der Waals surface area (Å²) in [5, 5.41) is 4.70. The minimum absolute atomic E-state index is 0.467. The zero-order chi connectivity index (χ0) is 18.8. The minimum atomic E-state index is -0.846. The highest BCUT2D eigenvalue weighted by atomic mass is 19.1. The lowest BCUT2D eigenvalue weighted by Crippen LogP contribution is -2.20. The fourth-order valence-electron chi connectivity index (χ4n) is 2.59. The van der Waals surface area contributed by atoms with Gasteiger partial charge in [0.1, 0.15) is 17.3 Å². The van der Waals surface area contributed by atoms with Gasteiger partial charge in [0.25, 0.3) is 0 Å². The summed E-state index contributed by atoms with van der Waals surface area (Å²) in [5.41, 5.74) is 1.54. The molecule has 27 heavy (non-hydrogen) atoms. The lowest BCUT2D eigenvalue weighted by Gasteiger charge is -2.09. The fourth-order valence-corrected chi connectivity index (χ4v) is 2.59. The number of halogens is 2. The smallest absolute Gasteiger partial charge is 0.308 e. The number of amides is 2. The third-order valence-electron chi connectivity index (χ3n) is 3.88. The quantitative estimate of drug-likeness (QED) is 0.568. The minimum Gasteiger partial charge on any atom is -0.308 e. The first kappa shape index (κ1) is 16.6. The standard InChI is InChI=1S/C19H13F2N5O/c20-14-3-1-4-15(21)17(14)25-19(27)23-13-7-5-12(6-8-13)16-11-26-10-2-9-22-18(26)24-16/h1-11H,(H2,23,25,27). The predicted molar refractivity (Wildman–Crippen MR) is 97.4 cm³/mol. The van der Waals surface area contributed by atoms with E-state index in [1.165, 1.54) is 6.07 Å². The summed E-state index contributed by atoms with van der Waals surface area (Å²) < 4.78 is 29.0. The van der Waals surface area contributed by atoms with E-state index < -0.39 is 23.4 Å². The van der Waals surface area contributed by atoms with Gasteiger partial charge in [0.15, 0.2) is 0 Å². The monoisotopic (exact) mass is 365 g/mol. The number of imidazole rings is 1. The third-order valence-corrected chi connectivity index (χ3v) is 3.88. The molecule has 0 aliphatic heterocycles. The molecule has 2 N–H and O–H groups in total.